The van der Waals surface area contributed by atoms with Crippen LogP contribution in [-0.4, -0.2) is 40.6 Å². The number of carbonyl (C=O) groups is 1. The Balaban J connectivity index is 1.81. The van der Waals surface area contributed by atoms with Gasteiger partial charge < -0.3 is 10.1 Å². The number of hydrogen-bond acceptors (Lipinski definition) is 5. The second kappa shape index (κ2) is 8.57. The van der Waals surface area contributed by atoms with Crippen molar-refractivity contribution in [3.63, 3.8) is 0 Å². The first-order valence-electron chi connectivity index (χ1n) is 10.1. The van der Waals surface area contributed by atoms with Gasteiger partial charge in [0.05, 0.1) is 13.7 Å². The molecule has 0 unspecified atom stereocenters. The topological polar surface area (TPSA) is 66.8 Å². The number of amides is 1. The van der Waals surface area contributed by atoms with E-state index in [2.05, 4.69) is 15.3 Å². The molecule has 0 radical (unpaired) electrons. The van der Waals surface area contributed by atoms with E-state index in [1.165, 1.54) is 19.4 Å². The molecule has 0 saturated carbocycles. The minimum atomic E-state index is -5.02. The van der Waals surface area contributed by atoms with Gasteiger partial charge >= 0.3 is 11.8 Å². The summed E-state index contributed by atoms with van der Waals surface area (Å²) in [7, 11) is 1.52. The van der Waals surface area contributed by atoms with E-state index in [1.54, 1.807) is 67.6 Å². The van der Waals surface area contributed by atoms with Gasteiger partial charge in [0, 0.05) is 11.8 Å². The highest BCUT2D eigenvalue weighted by atomic mass is 19.4. The zero-order valence-electron chi connectivity index (χ0n) is 17.9. The van der Waals surface area contributed by atoms with Crippen LogP contribution in [0, 0.1) is 6.92 Å². The van der Waals surface area contributed by atoms with Gasteiger partial charge in [0.1, 0.15) is 17.4 Å². The number of hydrogen-bond donors (Lipinski definition) is 1. The van der Waals surface area contributed by atoms with Gasteiger partial charge in [-0.2, -0.15) is 13.2 Å². The van der Waals surface area contributed by atoms with Crippen molar-refractivity contribution >= 4 is 17.6 Å². The number of nitrogens with zero attached hydrogens (tertiary/aromatic N) is 3. The number of benzene rings is 2. The molecular weight excluding hydrogens is 433 g/mol. The van der Waals surface area contributed by atoms with Gasteiger partial charge in [-0.3, -0.25) is 9.69 Å². The standard InChI is InChI=1S/C24H21F3N4O2/c1-16-12-13-28-20(14-16)29-23(24(25,26)27)22(32)31(15-17-8-10-19(33-2)11-9-17)21(30-23)18-6-4-3-5-7-18/h3-14H,15H2,1-2H3,(H,28,29)/t23-/m1/s1. The number of methoxy groups -OCH3 is 1. The number of amidine groups is 1. The predicted molar refractivity (Wildman–Crippen MR) is 118 cm³/mol. The Labute approximate surface area is 188 Å². The second-order valence-electron chi connectivity index (χ2n) is 7.59. The Morgan fingerprint density at radius 1 is 1.06 bits per heavy atom. The summed E-state index contributed by atoms with van der Waals surface area (Å²) < 4.78 is 48.6. The zero-order chi connectivity index (χ0) is 23.6. The average Bonchev–Trinajstić information content (AvgIpc) is 3.07. The fraction of sp³-hybridized carbons (Fsp3) is 0.208. The third-order valence-electron chi connectivity index (χ3n) is 5.25. The molecule has 0 bridgehead atoms. The molecule has 1 aliphatic rings. The average molecular weight is 454 g/mol. The minimum Gasteiger partial charge on any atom is -0.497 e. The SMILES string of the molecule is COc1ccc(CN2C(=O)[C@](Nc3cc(C)ccn3)(C(F)(F)F)N=C2c2ccccc2)cc1. The van der Waals surface area contributed by atoms with Gasteiger partial charge in [-0.05, 0) is 42.3 Å². The molecule has 1 amide bonds. The fourth-order valence-electron chi connectivity index (χ4n) is 3.55. The van der Waals surface area contributed by atoms with Crippen molar-refractivity contribution < 1.29 is 22.7 Å². The summed E-state index contributed by atoms with van der Waals surface area (Å²) in [6.45, 7) is 1.62. The van der Waals surface area contributed by atoms with Gasteiger partial charge in [-0.15, -0.1) is 0 Å². The molecule has 170 valence electrons. The van der Waals surface area contributed by atoms with Crippen LogP contribution in [0.15, 0.2) is 77.9 Å². The van der Waals surface area contributed by atoms with E-state index in [1.807, 2.05) is 0 Å². The molecule has 3 aromatic rings. The van der Waals surface area contributed by atoms with E-state index >= 15 is 0 Å². The second-order valence-corrected chi connectivity index (χ2v) is 7.59. The fourth-order valence-corrected chi connectivity index (χ4v) is 3.55. The van der Waals surface area contributed by atoms with Crippen molar-refractivity contribution in [1.29, 1.82) is 0 Å². The van der Waals surface area contributed by atoms with E-state index in [0.29, 0.717) is 22.4 Å². The van der Waals surface area contributed by atoms with Crippen molar-refractivity contribution in [2.45, 2.75) is 25.3 Å². The lowest BCUT2D eigenvalue weighted by molar-refractivity contribution is -0.185. The van der Waals surface area contributed by atoms with Gasteiger partial charge in [-0.25, -0.2) is 9.98 Å². The number of rotatable bonds is 6. The minimum absolute atomic E-state index is 0.0751. The number of pyridine rings is 1. The van der Waals surface area contributed by atoms with Crippen molar-refractivity contribution in [2.24, 2.45) is 4.99 Å². The number of aryl methyl sites for hydroxylation is 1. The van der Waals surface area contributed by atoms with E-state index in [-0.39, 0.29) is 18.2 Å². The van der Waals surface area contributed by atoms with Gasteiger partial charge in [0.15, 0.2) is 0 Å². The first kappa shape index (κ1) is 22.3. The lowest BCUT2D eigenvalue weighted by Crippen LogP contribution is -2.57. The van der Waals surface area contributed by atoms with Crippen molar-refractivity contribution in [3.05, 3.63) is 89.6 Å². The molecule has 0 aliphatic carbocycles. The van der Waals surface area contributed by atoms with Gasteiger partial charge in [-0.1, -0.05) is 42.5 Å². The number of halogens is 3. The van der Waals surface area contributed by atoms with E-state index in [4.69, 9.17) is 4.74 Å². The molecule has 4 rings (SSSR count). The summed E-state index contributed by atoms with van der Waals surface area (Å²) in [5.74, 6) is -0.801. The summed E-state index contributed by atoms with van der Waals surface area (Å²) in [5, 5.41) is 2.28. The van der Waals surface area contributed by atoms with Crippen LogP contribution in [0.5, 0.6) is 5.75 Å². The first-order valence-corrected chi connectivity index (χ1v) is 10.1. The van der Waals surface area contributed by atoms with Crippen LogP contribution in [0.2, 0.25) is 0 Å². The molecule has 0 saturated heterocycles. The number of aliphatic imine (C=N–C) groups is 1. The maximum Gasteiger partial charge on any atom is 0.442 e. The highest BCUT2D eigenvalue weighted by Crippen LogP contribution is 2.41. The van der Waals surface area contributed by atoms with Crippen LogP contribution in [0.4, 0.5) is 19.0 Å². The summed E-state index contributed by atoms with van der Waals surface area (Å²) in [6.07, 6.45) is -3.65. The number of aromatic nitrogens is 1. The number of ether oxygens (including phenoxy) is 1. The largest absolute Gasteiger partial charge is 0.497 e. The van der Waals surface area contributed by atoms with Gasteiger partial charge in [0.2, 0.25) is 0 Å². The first-order chi connectivity index (χ1) is 15.7. The van der Waals surface area contributed by atoms with Crippen LogP contribution < -0.4 is 10.1 Å². The summed E-state index contributed by atoms with van der Waals surface area (Å²) >= 11 is 0. The molecule has 0 fully saturated rings. The molecule has 2 aromatic carbocycles. The van der Waals surface area contributed by atoms with Crippen LogP contribution in [0.25, 0.3) is 0 Å². The van der Waals surface area contributed by atoms with Crippen molar-refractivity contribution in [2.75, 3.05) is 12.4 Å². The normalized spacial score (nSPS) is 18.3. The molecule has 0 spiro atoms. The summed E-state index contributed by atoms with van der Waals surface area (Å²) in [5.41, 5.74) is -1.49. The third-order valence-corrected chi connectivity index (χ3v) is 5.25. The number of alkyl halides is 3. The number of carbonyl (C=O) groups excluding carboxylic acids is 1. The Morgan fingerprint density at radius 3 is 2.36 bits per heavy atom. The van der Waals surface area contributed by atoms with E-state index in [0.717, 1.165) is 4.90 Å². The number of anilines is 1. The molecule has 1 N–H and O–H groups in total. The summed E-state index contributed by atoms with van der Waals surface area (Å²) in [6, 6.07) is 18.2. The summed E-state index contributed by atoms with van der Waals surface area (Å²) in [4.78, 5) is 22.4. The molecule has 1 aromatic heterocycles. The van der Waals surface area contributed by atoms with Crippen molar-refractivity contribution in [3.8, 4) is 5.75 Å². The van der Waals surface area contributed by atoms with Gasteiger partial charge in [0.25, 0.3) is 5.91 Å². The predicted octanol–water partition coefficient (Wildman–Crippen LogP) is 4.56. The molecule has 33 heavy (non-hydrogen) atoms. The number of nitrogens with one attached hydrogen (secondary N) is 1. The van der Waals surface area contributed by atoms with E-state index < -0.39 is 17.7 Å². The Morgan fingerprint density at radius 2 is 1.76 bits per heavy atom. The maximum absolute atomic E-state index is 14.5. The Kier molecular flexibility index (Phi) is 5.80. The molecule has 1 atom stereocenters. The monoisotopic (exact) mass is 454 g/mol. The Hall–Kier alpha value is -3.88. The molecule has 6 nitrogen and oxygen atoms in total. The molecule has 1 aliphatic heterocycles. The molecule has 2 heterocycles. The van der Waals surface area contributed by atoms with Crippen LogP contribution in [-0.2, 0) is 11.3 Å². The van der Waals surface area contributed by atoms with E-state index in [9.17, 15) is 18.0 Å². The Bertz CT molecular complexity index is 1180. The lowest BCUT2D eigenvalue weighted by Gasteiger charge is -2.29. The molecule has 9 heteroatoms. The highest BCUT2D eigenvalue weighted by molar-refractivity contribution is 6.16. The van der Waals surface area contributed by atoms with Crippen LogP contribution >= 0.6 is 0 Å². The quantitative estimate of drug-likeness (QED) is 0.593. The highest BCUT2D eigenvalue weighted by Gasteiger charge is 2.66. The van der Waals surface area contributed by atoms with Crippen LogP contribution in [0.3, 0.4) is 0 Å². The third kappa shape index (κ3) is 4.26. The molecular formula is C24H21F3N4O2. The maximum atomic E-state index is 14.5. The van der Waals surface area contributed by atoms with Crippen LogP contribution in [0.1, 0.15) is 16.7 Å². The lowest BCUT2D eigenvalue weighted by atomic mass is 10.1. The smallest absolute Gasteiger partial charge is 0.442 e. The van der Waals surface area contributed by atoms with Crippen molar-refractivity contribution in [1.82, 2.24) is 9.88 Å². The zero-order valence-corrected chi connectivity index (χ0v) is 17.9.